The predicted octanol–water partition coefficient (Wildman–Crippen LogP) is 3.41. The highest BCUT2D eigenvalue weighted by molar-refractivity contribution is 6.31. The molecule has 2 unspecified atom stereocenters. The van der Waals surface area contributed by atoms with Gasteiger partial charge in [0.15, 0.2) is 0 Å². The summed E-state index contributed by atoms with van der Waals surface area (Å²) in [4.78, 5) is 14.6. The molecule has 1 fully saturated rings. The minimum atomic E-state index is -0.0153. The average Bonchev–Trinajstić information content (AvgIpc) is 2.90. The molecule has 1 aliphatic rings. The minimum Gasteiger partial charge on any atom is -0.384 e. The molecule has 0 bridgehead atoms. The molecule has 1 N–H and O–H groups in total. The second kappa shape index (κ2) is 7.14. The summed E-state index contributed by atoms with van der Waals surface area (Å²) in [6.07, 6.45) is 1.95. The summed E-state index contributed by atoms with van der Waals surface area (Å²) in [5.41, 5.74) is 1.46. The molecule has 1 aromatic carbocycles. The van der Waals surface area contributed by atoms with Crippen molar-refractivity contribution in [3.05, 3.63) is 28.8 Å². The molecule has 0 spiro atoms. The monoisotopic (exact) mass is 310 g/mol. The molecule has 1 heterocycles. The van der Waals surface area contributed by atoms with Gasteiger partial charge in [0, 0.05) is 30.9 Å². The van der Waals surface area contributed by atoms with E-state index in [9.17, 15) is 4.79 Å². The van der Waals surface area contributed by atoms with Crippen LogP contribution in [0.2, 0.25) is 5.02 Å². The van der Waals surface area contributed by atoms with Gasteiger partial charge in [-0.25, -0.2) is 0 Å². The van der Waals surface area contributed by atoms with Crippen LogP contribution >= 0.6 is 11.6 Å². The van der Waals surface area contributed by atoms with E-state index < -0.39 is 0 Å². The van der Waals surface area contributed by atoms with Crippen molar-refractivity contribution in [3.63, 3.8) is 0 Å². The third-order valence-electron chi connectivity index (χ3n) is 3.93. The van der Waals surface area contributed by atoms with E-state index in [1.165, 1.54) is 0 Å². The summed E-state index contributed by atoms with van der Waals surface area (Å²) >= 11 is 6.06. The first-order valence-electron chi connectivity index (χ1n) is 7.46. The number of nitrogens with one attached hydrogen (secondary N) is 1. The zero-order valence-electron chi connectivity index (χ0n) is 12.9. The number of carbonyl (C=O) groups excluding carboxylic acids is 1. The summed E-state index contributed by atoms with van der Waals surface area (Å²) in [5, 5.41) is 3.86. The second-order valence-electron chi connectivity index (χ2n) is 5.46. The van der Waals surface area contributed by atoms with Gasteiger partial charge >= 0.3 is 0 Å². The van der Waals surface area contributed by atoms with Crippen LogP contribution in [-0.4, -0.2) is 43.2 Å². The standard InChI is InChI=1S/C16H23ClN2O2/c1-4-8-18-14-6-5-12(17)10-13(14)16(20)19(3)15-7-9-21-11(15)2/h5-6,10-11,15,18H,4,7-9H2,1-3H3. The largest absolute Gasteiger partial charge is 0.384 e. The molecule has 116 valence electrons. The molecule has 2 atom stereocenters. The molecule has 0 saturated carbocycles. The Balaban J connectivity index is 2.22. The zero-order chi connectivity index (χ0) is 15.4. The normalized spacial score (nSPS) is 21.3. The Bertz CT molecular complexity index is 507. The van der Waals surface area contributed by atoms with Gasteiger partial charge in [0.25, 0.3) is 5.91 Å². The van der Waals surface area contributed by atoms with Gasteiger partial charge in [-0.1, -0.05) is 18.5 Å². The predicted molar refractivity (Wildman–Crippen MR) is 86.1 cm³/mol. The van der Waals surface area contributed by atoms with E-state index in [1.54, 1.807) is 17.0 Å². The van der Waals surface area contributed by atoms with Crippen molar-refractivity contribution in [2.45, 2.75) is 38.8 Å². The van der Waals surface area contributed by atoms with E-state index in [4.69, 9.17) is 16.3 Å². The highest BCUT2D eigenvalue weighted by Crippen LogP contribution is 2.25. The van der Waals surface area contributed by atoms with Crippen LogP contribution in [0.3, 0.4) is 0 Å². The molecular formula is C16H23ClN2O2. The quantitative estimate of drug-likeness (QED) is 0.906. The summed E-state index contributed by atoms with van der Waals surface area (Å²) < 4.78 is 5.56. The van der Waals surface area contributed by atoms with Crippen LogP contribution in [0.15, 0.2) is 18.2 Å². The number of hydrogen-bond acceptors (Lipinski definition) is 3. The van der Waals surface area contributed by atoms with Crippen LogP contribution in [0, 0.1) is 0 Å². The summed E-state index contributed by atoms with van der Waals surface area (Å²) in [6.45, 7) is 5.64. The number of benzene rings is 1. The number of anilines is 1. The Labute approximate surface area is 131 Å². The average molecular weight is 311 g/mol. The fraction of sp³-hybridized carbons (Fsp3) is 0.562. The van der Waals surface area contributed by atoms with Crippen molar-refractivity contribution in [1.29, 1.82) is 0 Å². The van der Waals surface area contributed by atoms with Crippen molar-refractivity contribution in [2.75, 3.05) is 25.5 Å². The number of nitrogens with zero attached hydrogens (tertiary/aromatic N) is 1. The minimum absolute atomic E-state index is 0.0153. The second-order valence-corrected chi connectivity index (χ2v) is 5.90. The van der Waals surface area contributed by atoms with Crippen molar-refractivity contribution < 1.29 is 9.53 Å². The number of carbonyl (C=O) groups is 1. The molecule has 0 aliphatic carbocycles. The fourth-order valence-electron chi connectivity index (χ4n) is 2.68. The van der Waals surface area contributed by atoms with Crippen LogP contribution in [-0.2, 0) is 4.74 Å². The van der Waals surface area contributed by atoms with Crippen molar-refractivity contribution in [1.82, 2.24) is 4.90 Å². The van der Waals surface area contributed by atoms with Crippen LogP contribution in [0.5, 0.6) is 0 Å². The number of likely N-dealkylation sites (N-methyl/N-ethyl adjacent to an activating group) is 1. The van der Waals surface area contributed by atoms with Gasteiger partial charge < -0.3 is 15.0 Å². The Hall–Kier alpha value is -1.26. The lowest BCUT2D eigenvalue weighted by Gasteiger charge is -2.27. The van der Waals surface area contributed by atoms with E-state index >= 15 is 0 Å². The summed E-state index contributed by atoms with van der Waals surface area (Å²) in [6, 6.07) is 5.53. The smallest absolute Gasteiger partial charge is 0.256 e. The first-order chi connectivity index (χ1) is 10.0. The topological polar surface area (TPSA) is 41.6 Å². The van der Waals surface area contributed by atoms with E-state index in [0.29, 0.717) is 17.2 Å². The van der Waals surface area contributed by atoms with E-state index in [2.05, 4.69) is 12.2 Å². The van der Waals surface area contributed by atoms with Crippen LogP contribution < -0.4 is 5.32 Å². The first kappa shape index (κ1) is 16.1. The molecule has 0 aromatic heterocycles. The van der Waals surface area contributed by atoms with Gasteiger partial charge in [-0.2, -0.15) is 0 Å². The highest BCUT2D eigenvalue weighted by Gasteiger charge is 2.31. The van der Waals surface area contributed by atoms with Crippen LogP contribution in [0.1, 0.15) is 37.0 Å². The van der Waals surface area contributed by atoms with Crippen molar-refractivity contribution >= 4 is 23.2 Å². The maximum absolute atomic E-state index is 12.8. The molecular weight excluding hydrogens is 288 g/mol. The van der Waals surface area contributed by atoms with Gasteiger partial charge in [-0.15, -0.1) is 0 Å². The number of halogens is 1. The molecule has 1 aliphatic heterocycles. The number of rotatable bonds is 5. The molecule has 0 radical (unpaired) electrons. The SMILES string of the molecule is CCCNc1ccc(Cl)cc1C(=O)N(C)C1CCOC1C. The molecule has 21 heavy (non-hydrogen) atoms. The molecule has 2 rings (SSSR count). The Morgan fingerprint density at radius 2 is 2.29 bits per heavy atom. The molecule has 4 nitrogen and oxygen atoms in total. The maximum Gasteiger partial charge on any atom is 0.256 e. The van der Waals surface area contributed by atoms with E-state index in [1.807, 2.05) is 20.0 Å². The van der Waals surface area contributed by atoms with E-state index in [0.717, 1.165) is 25.1 Å². The number of amides is 1. The maximum atomic E-state index is 12.8. The van der Waals surface area contributed by atoms with Crippen molar-refractivity contribution in [2.24, 2.45) is 0 Å². The third-order valence-corrected chi connectivity index (χ3v) is 4.17. The Morgan fingerprint density at radius 1 is 1.52 bits per heavy atom. The van der Waals surface area contributed by atoms with Gasteiger partial charge in [0.05, 0.1) is 17.7 Å². The van der Waals surface area contributed by atoms with Gasteiger partial charge in [0.2, 0.25) is 0 Å². The van der Waals surface area contributed by atoms with Gasteiger partial charge in [0.1, 0.15) is 0 Å². The first-order valence-corrected chi connectivity index (χ1v) is 7.84. The molecule has 1 saturated heterocycles. The Kier molecular flexibility index (Phi) is 5.48. The van der Waals surface area contributed by atoms with Crippen LogP contribution in [0.4, 0.5) is 5.69 Å². The summed E-state index contributed by atoms with van der Waals surface area (Å²) in [7, 11) is 1.84. The Morgan fingerprint density at radius 3 is 2.90 bits per heavy atom. The van der Waals surface area contributed by atoms with E-state index in [-0.39, 0.29) is 18.1 Å². The highest BCUT2D eigenvalue weighted by atomic mass is 35.5. The number of hydrogen-bond donors (Lipinski definition) is 1. The lowest BCUT2D eigenvalue weighted by atomic mass is 10.1. The number of ether oxygens (including phenoxy) is 1. The molecule has 1 aromatic rings. The van der Waals surface area contributed by atoms with Gasteiger partial charge in [-0.05, 0) is 38.0 Å². The third kappa shape index (κ3) is 3.69. The summed E-state index contributed by atoms with van der Waals surface area (Å²) in [5.74, 6) is -0.0153. The zero-order valence-corrected chi connectivity index (χ0v) is 13.6. The lowest BCUT2D eigenvalue weighted by Crippen LogP contribution is -2.41. The van der Waals surface area contributed by atoms with Crippen molar-refractivity contribution in [3.8, 4) is 0 Å². The van der Waals surface area contributed by atoms with Crippen LogP contribution in [0.25, 0.3) is 0 Å². The molecule has 1 amide bonds. The van der Waals surface area contributed by atoms with Gasteiger partial charge in [-0.3, -0.25) is 4.79 Å². The molecule has 5 heteroatoms. The fourth-order valence-corrected chi connectivity index (χ4v) is 2.85. The lowest BCUT2D eigenvalue weighted by molar-refractivity contribution is 0.0575.